The van der Waals surface area contributed by atoms with Crippen LogP contribution in [0.5, 0.6) is 5.75 Å². The molecule has 0 bridgehead atoms. The summed E-state index contributed by atoms with van der Waals surface area (Å²) in [5.41, 5.74) is 3.98. The van der Waals surface area contributed by atoms with Crippen LogP contribution < -0.4 is 10.1 Å². The Morgan fingerprint density at radius 3 is 2.71 bits per heavy atom. The second kappa shape index (κ2) is 4.30. The summed E-state index contributed by atoms with van der Waals surface area (Å²) in [6.07, 6.45) is 5.94. The van der Waals surface area contributed by atoms with Crippen molar-refractivity contribution in [2.75, 3.05) is 5.32 Å². The minimum Gasteiger partial charge on any atom is -0.481 e. The van der Waals surface area contributed by atoms with Crippen LogP contribution in [0.15, 0.2) is 12.1 Å². The molecule has 0 amide bonds. The third kappa shape index (κ3) is 1.93. The van der Waals surface area contributed by atoms with Gasteiger partial charge in [-0.15, -0.1) is 0 Å². The maximum absolute atomic E-state index is 5.96. The minimum absolute atomic E-state index is 0.0409. The van der Waals surface area contributed by atoms with Crippen LogP contribution in [0.4, 0.5) is 5.69 Å². The average molecular weight is 247 g/mol. The molecule has 2 nitrogen and oxygen atoms in total. The quantitative estimate of drug-likeness (QED) is 0.768. The number of anilines is 1. The molecule has 0 spiro atoms. The predicted molar refractivity (Wildman–Crippen MR) is 74.0 cm³/mol. The maximum atomic E-state index is 5.96. The third-order valence-electron chi connectivity index (χ3n) is 3.63. The van der Waals surface area contributed by atoms with Gasteiger partial charge in [0.25, 0.3) is 0 Å². The summed E-state index contributed by atoms with van der Waals surface area (Å²) in [6.45, 7) is 2.10. The summed E-state index contributed by atoms with van der Waals surface area (Å²) in [5, 5.41) is 3.32. The fraction of sp³-hybridized carbons (Fsp3) is 0.500. The van der Waals surface area contributed by atoms with E-state index in [2.05, 4.69) is 24.4 Å². The van der Waals surface area contributed by atoms with Crippen molar-refractivity contribution in [1.29, 1.82) is 0 Å². The second-order valence-electron chi connectivity index (χ2n) is 4.83. The van der Waals surface area contributed by atoms with Gasteiger partial charge >= 0.3 is 0 Å². The number of ether oxygens (including phenoxy) is 1. The predicted octanol–water partition coefficient (Wildman–Crippen LogP) is 3.48. The zero-order valence-corrected chi connectivity index (χ0v) is 10.9. The van der Waals surface area contributed by atoms with Crippen molar-refractivity contribution in [2.45, 2.75) is 45.1 Å². The summed E-state index contributed by atoms with van der Waals surface area (Å²) in [7, 11) is 0. The molecule has 3 heteroatoms. The molecule has 0 aromatic heterocycles. The van der Waals surface area contributed by atoms with E-state index in [1.165, 1.54) is 36.8 Å². The van der Waals surface area contributed by atoms with E-state index in [9.17, 15) is 0 Å². The summed E-state index contributed by atoms with van der Waals surface area (Å²) >= 11 is 5.32. The lowest BCUT2D eigenvalue weighted by molar-refractivity contribution is 0.261. The van der Waals surface area contributed by atoms with E-state index in [4.69, 9.17) is 17.0 Å². The lowest BCUT2D eigenvalue weighted by Crippen LogP contribution is -2.35. The van der Waals surface area contributed by atoms with Gasteiger partial charge in [0.15, 0.2) is 0 Å². The molecular formula is C14H17NOS. The molecule has 17 heavy (non-hydrogen) atoms. The van der Waals surface area contributed by atoms with Gasteiger partial charge in [0.1, 0.15) is 16.8 Å². The van der Waals surface area contributed by atoms with E-state index >= 15 is 0 Å². The molecule has 2 aliphatic rings. The van der Waals surface area contributed by atoms with Gasteiger partial charge in [-0.1, -0.05) is 19.1 Å². The number of benzene rings is 1. The number of hydrogen-bond acceptors (Lipinski definition) is 2. The molecule has 3 rings (SSSR count). The van der Waals surface area contributed by atoms with Crippen LogP contribution in [0.25, 0.3) is 0 Å². The van der Waals surface area contributed by atoms with E-state index in [-0.39, 0.29) is 6.10 Å². The normalized spacial score (nSPS) is 22.2. The number of hydrogen-bond donors (Lipinski definition) is 1. The molecule has 1 atom stereocenters. The van der Waals surface area contributed by atoms with Crippen molar-refractivity contribution >= 4 is 22.9 Å². The summed E-state index contributed by atoms with van der Waals surface area (Å²) < 4.78 is 5.96. The van der Waals surface area contributed by atoms with Crippen molar-refractivity contribution in [3.63, 3.8) is 0 Å². The molecular weight excluding hydrogens is 230 g/mol. The van der Waals surface area contributed by atoms with E-state index < -0.39 is 0 Å². The van der Waals surface area contributed by atoms with Crippen LogP contribution in [0, 0.1) is 0 Å². The van der Waals surface area contributed by atoms with Crippen molar-refractivity contribution in [2.24, 2.45) is 0 Å². The van der Waals surface area contributed by atoms with E-state index in [0.717, 1.165) is 22.8 Å². The highest BCUT2D eigenvalue weighted by molar-refractivity contribution is 7.80. The van der Waals surface area contributed by atoms with Crippen molar-refractivity contribution in [3.05, 3.63) is 23.3 Å². The largest absolute Gasteiger partial charge is 0.481 e. The SMILES string of the molecule is CCC1Oc2cc3c(cc2NC1=S)CCCC3. The molecule has 1 N–H and O–H groups in total. The molecule has 0 saturated carbocycles. The highest BCUT2D eigenvalue weighted by Gasteiger charge is 2.24. The molecule has 1 aliphatic heterocycles. The molecule has 0 fully saturated rings. The monoisotopic (exact) mass is 247 g/mol. The Labute approximate surface area is 107 Å². The van der Waals surface area contributed by atoms with E-state index in [0.29, 0.717) is 0 Å². The Balaban J connectivity index is 1.99. The Morgan fingerprint density at radius 2 is 2.00 bits per heavy atom. The number of aryl methyl sites for hydroxylation is 2. The summed E-state index contributed by atoms with van der Waals surface area (Å²) in [4.78, 5) is 0.816. The average Bonchev–Trinajstić information content (AvgIpc) is 2.35. The maximum Gasteiger partial charge on any atom is 0.149 e. The lowest BCUT2D eigenvalue weighted by Gasteiger charge is -2.29. The lowest BCUT2D eigenvalue weighted by atomic mass is 9.91. The molecule has 0 saturated heterocycles. The van der Waals surface area contributed by atoms with Gasteiger partial charge in [0.05, 0.1) is 5.69 Å². The topological polar surface area (TPSA) is 21.3 Å². The first-order valence-corrected chi connectivity index (χ1v) is 6.82. The summed E-state index contributed by atoms with van der Waals surface area (Å²) in [6, 6.07) is 4.43. The Kier molecular flexibility index (Phi) is 2.79. The van der Waals surface area contributed by atoms with Crippen molar-refractivity contribution in [1.82, 2.24) is 0 Å². The highest BCUT2D eigenvalue weighted by Crippen LogP contribution is 2.36. The van der Waals surface area contributed by atoms with Crippen LogP contribution in [-0.4, -0.2) is 11.1 Å². The van der Waals surface area contributed by atoms with Crippen molar-refractivity contribution < 1.29 is 4.74 Å². The van der Waals surface area contributed by atoms with Gasteiger partial charge in [-0.3, -0.25) is 0 Å². The second-order valence-corrected chi connectivity index (χ2v) is 5.27. The molecule has 90 valence electrons. The van der Waals surface area contributed by atoms with Crippen LogP contribution in [-0.2, 0) is 12.8 Å². The highest BCUT2D eigenvalue weighted by atomic mass is 32.1. The number of thiocarbonyl (C=S) groups is 1. The fourth-order valence-corrected chi connectivity index (χ4v) is 2.97. The standard InChI is InChI=1S/C14H17NOS/c1-2-12-14(17)15-11-7-9-5-3-4-6-10(9)8-13(11)16-12/h7-8,12H,2-6H2,1H3,(H,15,17). The molecule has 1 heterocycles. The van der Waals surface area contributed by atoms with Crippen LogP contribution in [0.1, 0.15) is 37.3 Å². The van der Waals surface area contributed by atoms with Crippen LogP contribution >= 0.6 is 12.2 Å². The Morgan fingerprint density at radius 1 is 1.29 bits per heavy atom. The van der Waals surface area contributed by atoms with Crippen LogP contribution in [0.2, 0.25) is 0 Å². The van der Waals surface area contributed by atoms with Crippen LogP contribution in [0.3, 0.4) is 0 Å². The van der Waals surface area contributed by atoms with Gasteiger partial charge in [-0.2, -0.15) is 0 Å². The molecule has 1 aromatic carbocycles. The molecule has 1 aromatic rings. The van der Waals surface area contributed by atoms with Gasteiger partial charge < -0.3 is 10.1 Å². The zero-order chi connectivity index (χ0) is 11.8. The van der Waals surface area contributed by atoms with E-state index in [1.54, 1.807) is 0 Å². The molecule has 0 radical (unpaired) electrons. The van der Waals surface area contributed by atoms with Crippen molar-refractivity contribution in [3.8, 4) is 5.75 Å². The first-order valence-electron chi connectivity index (χ1n) is 6.41. The Bertz CT molecular complexity index is 470. The third-order valence-corrected chi connectivity index (χ3v) is 4.00. The van der Waals surface area contributed by atoms with E-state index in [1.807, 2.05) is 0 Å². The van der Waals surface area contributed by atoms with Gasteiger partial charge in [-0.05, 0) is 55.4 Å². The molecule has 1 unspecified atom stereocenters. The Hall–Kier alpha value is -1.09. The first kappa shape index (κ1) is 11.0. The molecule has 1 aliphatic carbocycles. The van der Waals surface area contributed by atoms with Gasteiger partial charge in [0, 0.05) is 0 Å². The first-order chi connectivity index (χ1) is 8.28. The van der Waals surface area contributed by atoms with Gasteiger partial charge in [0.2, 0.25) is 0 Å². The summed E-state index contributed by atoms with van der Waals surface area (Å²) in [5.74, 6) is 0.978. The zero-order valence-electron chi connectivity index (χ0n) is 10.1. The fourth-order valence-electron chi connectivity index (χ4n) is 2.65. The smallest absolute Gasteiger partial charge is 0.149 e. The number of rotatable bonds is 1. The number of nitrogens with one attached hydrogen (secondary N) is 1. The minimum atomic E-state index is 0.0409. The van der Waals surface area contributed by atoms with Gasteiger partial charge in [-0.25, -0.2) is 0 Å². The number of fused-ring (bicyclic) bond motifs is 2.